The van der Waals surface area contributed by atoms with E-state index in [0.29, 0.717) is 12.0 Å². The molecule has 37 heavy (non-hydrogen) atoms. The van der Waals surface area contributed by atoms with Crippen molar-refractivity contribution in [3.63, 3.8) is 0 Å². The van der Waals surface area contributed by atoms with Crippen LogP contribution in [0.4, 0.5) is 17.6 Å². The van der Waals surface area contributed by atoms with Gasteiger partial charge in [-0.2, -0.15) is 13.2 Å². The first-order valence-electron chi connectivity index (χ1n) is 12.0. The summed E-state index contributed by atoms with van der Waals surface area (Å²) in [6.07, 6.45) is 2.79. The molecule has 0 aliphatic heterocycles. The van der Waals surface area contributed by atoms with Crippen LogP contribution in [0.1, 0.15) is 66.2 Å². The van der Waals surface area contributed by atoms with E-state index in [1.54, 1.807) is 19.9 Å². The molecule has 0 aliphatic carbocycles. The molecule has 7 nitrogen and oxygen atoms in total. The molecule has 0 fully saturated rings. The van der Waals surface area contributed by atoms with Gasteiger partial charge in [-0.15, -0.1) is 5.92 Å². The number of phosphoric ester groups is 1. The van der Waals surface area contributed by atoms with Gasteiger partial charge in [-0.25, -0.2) is 8.96 Å². The van der Waals surface area contributed by atoms with Crippen molar-refractivity contribution in [3.8, 4) is 11.8 Å². The number of nitrogens with two attached hydrogens (primary N) is 1. The maximum absolute atomic E-state index is 13.2. The molecular weight excluding hydrogens is 517 g/mol. The van der Waals surface area contributed by atoms with Crippen LogP contribution in [0.15, 0.2) is 34.9 Å². The minimum absolute atomic E-state index is 0.0395. The van der Waals surface area contributed by atoms with Crippen molar-refractivity contribution >= 4 is 7.82 Å². The summed E-state index contributed by atoms with van der Waals surface area (Å²) in [7, 11) is -4.78. The van der Waals surface area contributed by atoms with Crippen LogP contribution in [0.25, 0.3) is 0 Å². The molecule has 12 heteroatoms. The lowest BCUT2D eigenvalue weighted by atomic mass is 9.93. The van der Waals surface area contributed by atoms with Gasteiger partial charge in [0.1, 0.15) is 6.67 Å². The standard InChI is InChI=1S/C17H31F3NO6P.C8H11F/c1-3-5-6-9-26-11-15(17(18,19)20)10-14(4-2)7-8-16(21,12-22)13-27-28(23,24)25;1-3-5-6-8(4-2)7-9/h4,10,22H,3,5-9,11-13,21H2,1-2H3,(H2,23,24,25);6H,4,7H2,1-2H3/b14-4-,15-10+;8-6-. The lowest BCUT2D eigenvalue weighted by Crippen LogP contribution is -2.47. The van der Waals surface area contributed by atoms with Gasteiger partial charge < -0.3 is 25.4 Å². The third-order valence-corrected chi connectivity index (χ3v) is 5.50. The predicted molar refractivity (Wildman–Crippen MR) is 137 cm³/mol. The van der Waals surface area contributed by atoms with Gasteiger partial charge >= 0.3 is 14.0 Å². The van der Waals surface area contributed by atoms with E-state index in [1.807, 2.05) is 13.8 Å². The normalized spacial score (nSPS) is 14.9. The van der Waals surface area contributed by atoms with Crippen molar-refractivity contribution < 1.29 is 46.3 Å². The molecule has 1 atom stereocenters. The summed E-state index contributed by atoms with van der Waals surface area (Å²) in [4.78, 5) is 17.5. The summed E-state index contributed by atoms with van der Waals surface area (Å²) >= 11 is 0. The molecule has 0 aromatic rings. The maximum atomic E-state index is 13.2. The second-order valence-electron chi connectivity index (χ2n) is 8.26. The van der Waals surface area contributed by atoms with Crippen LogP contribution in [-0.2, 0) is 13.8 Å². The Hall–Kier alpha value is -1.51. The molecule has 0 aliphatic rings. The van der Waals surface area contributed by atoms with E-state index in [4.69, 9.17) is 20.3 Å². The molecule has 1 unspecified atom stereocenters. The van der Waals surface area contributed by atoms with Crippen molar-refractivity contribution in [2.75, 3.05) is 33.1 Å². The Morgan fingerprint density at radius 3 is 2.27 bits per heavy atom. The van der Waals surface area contributed by atoms with E-state index in [-0.39, 0.29) is 26.1 Å². The molecule has 0 aromatic carbocycles. The van der Waals surface area contributed by atoms with E-state index >= 15 is 0 Å². The number of aliphatic hydroxyl groups excluding tert-OH is 1. The third-order valence-electron chi connectivity index (χ3n) is 5.04. The SMILES string of the molecule is C/C=C(\C=C(/COCCCCC)C(F)(F)F)CCC(N)(CO)COP(=O)(O)O.CC#C/C=C(/CC)CF. The zero-order valence-electron chi connectivity index (χ0n) is 22.1. The number of hydrogen-bond acceptors (Lipinski definition) is 5. The van der Waals surface area contributed by atoms with Crippen molar-refractivity contribution in [2.45, 2.75) is 77.9 Å². The third kappa shape index (κ3) is 21.1. The fourth-order valence-electron chi connectivity index (χ4n) is 2.58. The largest absolute Gasteiger partial charge is 0.469 e. The van der Waals surface area contributed by atoms with Gasteiger partial charge in [0.25, 0.3) is 0 Å². The van der Waals surface area contributed by atoms with Gasteiger partial charge in [0.15, 0.2) is 0 Å². The molecule has 5 N–H and O–H groups in total. The maximum Gasteiger partial charge on any atom is 0.469 e. The van der Waals surface area contributed by atoms with Crippen molar-refractivity contribution in [1.29, 1.82) is 0 Å². The minimum atomic E-state index is -4.78. The van der Waals surface area contributed by atoms with Gasteiger partial charge in [0, 0.05) is 6.61 Å². The first kappa shape index (κ1) is 37.6. The van der Waals surface area contributed by atoms with Gasteiger partial charge in [-0.05, 0) is 57.3 Å². The number of ether oxygens (including phenoxy) is 1. The molecule has 0 rings (SSSR count). The molecule has 0 radical (unpaired) electrons. The summed E-state index contributed by atoms with van der Waals surface area (Å²) in [5.74, 6) is 5.37. The Morgan fingerprint density at radius 1 is 1.19 bits per heavy atom. The zero-order chi connectivity index (χ0) is 29.0. The van der Waals surface area contributed by atoms with E-state index in [2.05, 4.69) is 16.4 Å². The summed E-state index contributed by atoms with van der Waals surface area (Å²) < 4.78 is 71.8. The quantitative estimate of drug-likeness (QED) is 0.0646. The highest BCUT2D eigenvalue weighted by Crippen LogP contribution is 2.37. The number of allylic oxidation sites excluding steroid dienone is 5. The smallest absolute Gasteiger partial charge is 0.394 e. The molecule has 216 valence electrons. The number of aliphatic hydroxyl groups is 1. The molecule has 0 saturated carbocycles. The number of unbranched alkanes of at least 4 members (excludes halogenated alkanes) is 2. The molecular formula is C25H42F4NO6P. The Balaban J connectivity index is 0. The summed E-state index contributed by atoms with van der Waals surface area (Å²) in [5.41, 5.74) is 4.58. The first-order valence-corrected chi connectivity index (χ1v) is 13.5. The highest BCUT2D eigenvalue weighted by atomic mass is 31.2. The van der Waals surface area contributed by atoms with Crippen LogP contribution in [0.5, 0.6) is 0 Å². The number of hydrogen-bond donors (Lipinski definition) is 4. The minimum Gasteiger partial charge on any atom is -0.394 e. The average molecular weight is 560 g/mol. The van der Waals surface area contributed by atoms with Gasteiger partial charge in [-0.3, -0.25) is 4.52 Å². The summed E-state index contributed by atoms with van der Waals surface area (Å²) in [6.45, 7) is 5.21. The molecule has 0 amide bonds. The van der Waals surface area contributed by atoms with Crippen LogP contribution in [-0.4, -0.2) is 59.7 Å². The number of rotatable bonds is 16. The summed E-state index contributed by atoms with van der Waals surface area (Å²) in [5, 5.41) is 9.37. The van der Waals surface area contributed by atoms with Crippen molar-refractivity contribution in [1.82, 2.24) is 0 Å². The molecule has 0 aromatic heterocycles. The topological polar surface area (TPSA) is 122 Å². The van der Waals surface area contributed by atoms with Gasteiger partial charge in [0.05, 0.1) is 30.9 Å². The van der Waals surface area contributed by atoms with Crippen LogP contribution < -0.4 is 5.73 Å². The molecule has 0 spiro atoms. The van der Waals surface area contributed by atoms with Crippen LogP contribution >= 0.6 is 7.82 Å². The lowest BCUT2D eigenvalue weighted by Gasteiger charge is -2.27. The van der Waals surface area contributed by atoms with Gasteiger partial charge in [-0.1, -0.05) is 44.3 Å². The second-order valence-corrected chi connectivity index (χ2v) is 9.50. The Labute approximate surface area is 218 Å². The Bertz CT molecular complexity index is 821. The Morgan fingerprint density at radius 2 is 1.84 bits per heavy atom. The van der Waals surface area contributed by atoms with Crippen LogP contribution in [0, 0.1) is 11.8 Å². The number of alkyl halides is 4. The monoisotopic (exact) mass is 559 g/mol. The van der Waals surface area contributed by atoms with Crippen LogP contribution in [0.2, 0.25) is 0 Å². The number of halogens is 4. The van der Waals surface area contributed by atoms with E-state index in [0.717, 1.165) is 30.9 Å². The fraction of sp³-hybridized carbons (Fsp3) is 0.680. The Kier molecular flexibility index (Phi) is 20.8. The highest BCUT2D eigenvalue weighted by molar-refractivity contribution is 7.46. The van der Waals surface area contributed by atoms with E-state index in [1.165, 1.54) is 6.08 Å². The lowest BCUT2D eigenvalue weighted by molar-refractivity contribution is -0.101. The van der Waals surface area contributed by atoms with Gasteiger partial charge in [0.2, 0.25) is 0 Å². The van der Waals surface area contributed by atoms with Crippen molar-refractivity contribution in [2.24, 2.45) is 5.73 Å². The van der Waals surface area contributed by atoms with Crippen molar-refractivity contribution in [3.05, 3.63) is 34.9 Å². The second kappa shape index (κ2) is 20.5. The molecule has 0 bridgehead atoms. The fourth-order valence-corrected chi connectivity index (χ4v) is 3.00. The zero-order valence-corrected chi connectivity index (χ0v) is 23.0. The van der Waals surface area contributed by atoms with E-state index < -0.39 is 44.9 Å². The first-order chi connectivity index (χ1) is 17.2. The van der Waals surface area contributed by atoms with Crippen LogP contribution in [0.3, 0.4) is 0 Å². The summed E-state index contributed by atoms with van der Waals surface area (Å²) in [6, 6.07) is 0. The average Bonchev–Trinajstić information content (AvgIpc) is 2.84. The molecule has 0 heterocycles. The molecule has 0 saturated heterocycles. The number of phosphoric acid groups is 1. The highest BCUT2D eigenvalue weighted by Gasteiger charge is 2.34. The van der Waals surface area contributed by atoms with E-state index in [9.17, 15) is 27.2 Å². The predicted octanol–water partition coefficient (Wildman–Crippen LogP) is 5.52.